The molecule has 6 nitrogen and oxygen atoms in total. The Morgan fingerprint density at radius 2 is 2.00 bits per heavy atom. The zero-order valence-corrected chi connectivity index (χ0v) is 14.8. The molecule has 0 saturated heterocycles. The molecule has 2 N–H and O–H groups in total. The van der Waals surface area contributed by atoms with E-state index in [4.69, 9.17) is 27.9 Å². The van der Waals surface area contributed by atoms with Gasteiger partial charge >= 0.3 is 0 Å². The molecular weight excluding hydrogens is 365 g/mol. The molecule has 0 aliphatic rings. The summed E-state index contributed by atoms with van der Waals surface area (Å²) < 4.78 is 5.05. The smallest absolute Gasteiger partial charge is 0.259 e. The molecule has 2 aromatic rings. The van der Waals surface area contributed by atoms with E-state index in [1.807, 2.05) is 0 Å². The molecule has 0 spiro atoms. The Bertz CT molecular complexity index is 809. The van der Waals surface area contributed by atoms with Crippen LogP contribution in [0.2, 0.25) is 10.0 Å². The fourth-order valence-corrected chi connectivity index (χ4v) is 2.30. The van der Waals surface area contributed by atoms with E-state index in [-0.39, 0.29) is 6.54 Å². The standard InChI is InChI=1S/C17H15Cl2N3O3/c1-25-14-4-2-3-11(7-14)17(24)20-10-16(23)22-21-9-12-5-6-13(18)8-15(12)19/h2-9H,10H2,1H3,(H,20,24)(H,22,23). The van der Waals surface area contributed by atoms with E-state index in [0.717, 1.165) is 0 Å². The highest BCUT2D eigenvalue weighted by molar-refractivity contribution is 6.36. The summed E-state index contributed by atoms with van der Waals surface area (Å²) in [7, 11) is 1.51. The molecule has 0 atom stereocenters. The number of hydrogen-bond donors (Lipinski definition) is 2. The molecule has 0 aliphatic heterocycles. The number of nitrogens with one attached hydrogen (secondary N) is 2. The lowest BCUT2D eigenvalue weighted by molar-refractivity contribution is -0.120. The molecule has 0 bridgehead atoms. The molecule has 2 amide bonds. The second-order valence-corrected chi connectivity index (χ2v) is 5.72. The molecular formula is C17H15Cl2N3O3. The Labute approximate surface area is 154 Å². The molecule has 0 saturated carbocycles. The first kappa shape index (κ1) is 18.8. The third kappa shape index (κ3) is 5.77. The largest absolute Gasteiger partial charge is 0.497 e. The van der Waals surface area contributed by atoms with Crippen LogP contribution < -0.4 is 15.5 Å². The Hall–Kier alpha value is -2.57. The average Bonchev–Trinajstić information content (AvgIpc) is 2.61. The SMILES string of the molecule is COc1cccc(C(=O)NCC(=O)NN=Cc2ccc(Cl)cc2Cl)c1. The van der Waals surface area contributed by atoms with Crippen molar-refractivity contribution in [2.75, 3.05) is 13.7 Å². The van der Waals surface area contributed by atoms with Gasteiger partial charge in [0.05, 0.1) is 24.9 Å². The van der Waals surface area contributed by atoms with E-state index < -0.39 is 11.8 Å². The summed E-state index contributed by atoms with van der Waals surface area (Å²) in [5.74, 6) is -0.307. The third-order valence-electron chi connectivity index (χ3n) is 3.10. The summed E-state index contributed by atoms with van der Waals surface area (Å²) in [5.41, 5.74) is 3.30. The van der Waals surface area contributed by atoms with Crippen molar-refractivity contribution in [2.24, 2.45) is 5.10 Å². The van der Waals surface area contributed by atoms with Crippen LogP contribution in [-0.4, -0.2) is 31.7 Å². The van der Waals surface area contributed by atoms with Crippen LogP contribution in [0.3, 0.4) is 0 Å². The maximum Gasteiger partial charge on any atom is 0.259 e. The average molecular weight is 380 g/mol. The number of hydrogen-bond acceptors (Lipinski definition) is 4. The number of carbonyl (C=O) groups excluding carboxylic acids is 2. The van der Waals surface area contributed by atoms with Gasteiger partial charge in [0.15, 0.2) is 0 Å². The number of halogens is 2. The molecule has 0 radical (unpaired) electrons. The van der Waals surface area contributed by atoms with Crippen LogP contribution >= 0.6 is 23.2 Å². The molecule has 0 heterocycles. The summed E-state index contributed by atoms with van der Waals surface area (Å²) >= 11 is 11.8. The fraction of sp³-hybridized carbons (Fsp3) is 0.118. The highest BCUT2D eigenvalue weighted by atomic mass is 35.5. The minimum absolute atomic E-state index is 0.221. The first-order valence-electron chi connectivity index (χ1n) is 7.19. The summed E-state index contributed by atoms with van der Waals surface area (Å²) in [6.45, 7) is -0.221. The van der Waals surface area contributed by atoms with Crippen molar-refractivity contribution in [1.29, 1.82) is 0 Å². The summed E-state index contributed by atoms with van der Waals surface area (Å²) in [6.07, 6.45) is 1.39. The number of rotatable bonds is 6. The van der Waals surface area contributed by atoms with Crippen molar-refractivity contribution in [3.05, 3.63) is 63.6 Å². The van der Waals surface area contributed by atoms with Crippen LogP contribution in [-0.2, 0) is 4.79 Å². The molecule has 2 aromatic carbocycles. The Morgan fingerprint density at radius 3 is 2.72 bits per heavy atom. The lowest BCUT2D eigenvalue weighted by Gasteiger charge is -2.06. The molecule has 2 rings (SSSR count). The first-order valence-corrected chi connectivity index (χ1v) is 7.94. The van der Waals surface area contributed by atoms with Gasteiger partial charge in [-0.15, -0.1) is 0 Å². The topological polar surface area (TPSA) is 79.8 Å². The normalized spacial score (nSPS) is 10.5. The molecule has 130 valence electrons. The molecule has 0 aromatic heterocycles. The van der Waals surface area contributed by atoms with E-state index in [1.54, 1.807) is 42.5 Å². The molecule has 25 heavy (non-hydrogen) atoms. The van der Waals surface area contributed by atoms with Gasteiger partial charge in [0, 0.05) is 16.1 Å². The van der Waals surface area contributed by atoms with Crippen molar-refractivity contribution in [3.63, 3.8) is 0 Å². The van der Waals surface area contributed by atoms with E-state index >= 15 is 0 Å². The van der Waals surface area contributed by atoms with Gasteiger partial charge in [0.25, 0.3) is 11.8 Å². The van der Waals surface area contributed by atoms with Gasteiger partial charge in [-0.05, 0) is 30.3 Å². The minimum Gasteiger partial charge on any atom is -0.497 e. The maximum absolute atomic E-state index is 12.0. The van der Waals surface area contributed by atoms with Gasteiger partial charge in [-0.1, -0.05) is 35.3 Å². The van der Waals surface area contributed by atoms with E-state index in [2.05, 4.69) is 15.8 Å². The van der Waals surface area contributed by atoms with Crippen LogP contribution in [0.5, 0.6) is 5.75 Å². The van der Waals surface area contributed by atoms with Gasteiger partial charge in [-0.2, -0.15) is 5.10 Å². The first-order chi connectivity index (χ1) is 12.0. The highest BCUT2D eigenvalue weighted by Crippen LogP contribution is 2.19. The zero-order valence-electron chi connectivity index (χ0n) is 13.3. The van der Waals surface area contributed by atoms with Crippen LogP contribution in [0, 0.1) is 0 Å². The quantitative estimate of drug-likeness (QED) is 0.598. The number of hydrazone groups is 1. The van der Waals surface area contributed by atoms with Crippen LogP contribution in [0.4, 0.5) is 0 Å². The summed E-state index contributed by atoms with van der Waals surface area (Å²) in [6, 6.07) is 11.5. The van der Waals surface area contributed by atoms with Crippen molar-refractivity contribution in [3.8, 4) is 5.75 Å². The van der Waals surface area contributed by atoms with Gasteiger partial charge in [0.2, 0.25) is 0 Å². The number of amides is 2. The zero-order chi connectivity index (χ0) is 18.2. The number of methoxy groups -OCH3 is 1. The lowest BCUT2D eigenvalue weighted by Crippen LogP contribution is -2.34. The van der Waals surface area contributed by atoms with E-state index in [0.29, 0.717) is 26.9 Å². The van der Waals surface area contributed by atoms with Crippen LogP contribution in [0.25, 0.3) is 0 Å². The second kappa shape index (κ2) is 9.05. The van der Waals surface area contributed by atoms with Gasteiger partial charge in [0.1, 0.15) is 5.75 Å². The van der Waals surface area contributed by atoms with Crippen molar-refractivity contribution in [1.82, 2.24) is 10.7 Å². The second-order valence-electron chi connectivity index (χ2n) is 4.87. The highest BCUT2D eigenvalue weighted by Gasteiger charge is 2.08. The predicted octanol–water partition coefficient (Wildman–Crippen LogP) is 2.88. The number of carbonyl (C=O) groups is 2. The Balaban J connectivity index is 1.83. The van der Waals surface area contributed by atoms with Gasteiger partial charge < -0.3 is 10.1 Å². The Kier molecular flexibility index (Phi) is 6.80. The van der Waals surface area contributed by atoms with Crippen molar-refractivity contribution >= 4 is 41.2 Å². The predicted molar refractivity (Wildman–Crippen MR) is 97.5 cm³/mol. The maximum atomic E-state index is 12.0. The van der Waals surface area contributed by atoms with Crippen LogP contribution in [0.15, 0.2) is 47.6 Å². The molecule has 0 unspecified atom stereocenters. The molecule has 0 fully saturated rings. The monoisotopic (exact) mass is 379 g/mol. The molecule has 0 aliphatic carbocycles. The van der Waals surface area contributed by atoms with Gasteiger partial charge in [-0.25, -0.2) is 5.43 Å². The third-order valence-corrected chi connectivity index (χ3v) is 3.66. The lowest BCUT2D eigenvalue weighted by atomic mass is 10.2. The van der Waals surface area contributed by atoms with Crippen molar-refractivity contribution in [2.45, 2.75) is 0 Å². The van der Waals surface area contributed by atoms with Crippen LogP contribution in [0.1, 0.15) is 15.9 Å². The van der Waals surface area contributed by atoms with E-state index in [9.17, 15) is 9.59 Å². The number of nitrogens with zero attached hydrogens (tertiary/aromatic N) is 1. The minimum atomic E-state index is -0.474. The van der Waals surface area contributed by atoms with Crippen molar-refractivity contribution < 1.29 is 14.3 Å². The van der Waals surface area contributed by atoms with Gasteiger partial charge in [-0.3, -0.25) is 9.59 Å². The van der Waals surface area contributed by atoms with E-state index in [1.165, 1.54) is 13.3 Å². The fourth-order valence-electron chi connectivity index (χ4n) is 1.85. The summed E-state index contributed by atoms with van der Waals surface area (Å²) in [4.78, 5) is 23.7. The molecule has 8 heteroatoms. The number of ether oxygens (including phenoxy) is 1. The summed E-state index contributed by atoms with van der Waals surface area (Å²) in [5, 5.41) is 7.20. The Morgan fingerprint density at radius 1 is 1.20 bits per heavy atom. The number of benzene rings is 2.